The van der Waals surface area contributed by atoms with Gasteiger partial charge in [-0.2, -0.15) is 0 Å². The van der Waals surface area contributed by atoms with E-state index < -0.39 is 0 Å². The van der Waals surface area contributed by atoms with Gasteiger partial charge in [-0.3, -0.25) is 9.59 Å². The molecular weight excluding hydrogens is 350 g/mol. The third kappa shape index (κ3) is 6.96. The minimum absolute atomic E-state index is 0. The van der Waals surface area contributed by atoms with Crippen molar-refractivity contribution in [3.05, 3.63) is 35.4 Å². The van der Waals surface area contributed by atoms with Crippen molar-refractivity contribution in [2.75, 3.05) is 26.7 Å². The molecule has 0 bridgehead atoms. The van der Waals surface area contributed by atoms with Gasteiger partial charge in [0.1, 0.15) is 0 Å². The molecule has 1 atom stereocenters. The van der Waals surface area contributed by atoms with E-state index in [1.165, 1.54) is 18.9 Å². The second-order valence-electron chi connectivity index (χ2n) is 7.08. The second kappa shape index (κ2) is 11.2. The van der Waals surface area contributed by atoms with Crippen molar-refractivity contribution < 1.29 is 9.59 Å². The molecule has 1 fully saturated rings. The predicted molar refractivity (Wildman–Crippen MR) is 107 cm³/mol. The third-order valence-electron chi connectivity index (χ3n) is 5.01. The van der Waals surface area contributed by atoms with E-state index in [2.05, 4.69) is 10.6 Å². The fourth-order valence-electron chi connectivity index (χ4n) is 3.42. The quantitative estimate of drug-likeness (QED) is 0.763. The van der Waals surface area contributed by atoms with Crippen molar-refractivity contribution in [3.63, 3.8) is 0 Å². The summed E-state index contributed by atoms with van der Waals surface area (Å²) >= 11 is 0. The number of carbonyl (C=O) groups is 2. The summed E-state index contributed by atoms with van der Waals surface area (Å²) in [7, 11) is 1.98. The number of nitrogens with zero attached hydrogens (tertiary/aromatic N) is 1. The van der Waals surface area contributed by atoms with Gasteiger partial charge < -0.3 is 15.5 Å². The minimum Gasteiger partial charge on any atom is -0.349 e. The van der Waals surface area contributed by atoms with Gasteiger partial charge in [0.05, 0.1) is 12.5 Å². The Bertz CT molecular complexity index is 569. The number of halogens is 1. The van der Waals surface area contributed by atoms with Crippen LogP contribution in [-0.2, 0) is 9.59 Å². The topological polar surface area (TPSA) is 61.4 Å². The van der Waals surface area contributed by atoms with Crippen molar-refractivity contribution >= 4 is 24.2 Å². The zero-order valence-corrected chi connectivity index (χ0v) is 16.9. The van der Waals surface area contributed by atoms with Gasteiger partial charge in [0.2, 0.25) is 11.8 Å². The van der Waals surface area contributed by atoms with Crippen LogP contribution in [0.5, 0.6) is 0 Å². The smallest absolute Gasteiger partial charge is 0.224 e. The highest BCUT2D eigenvalue weighted by atomic mass is 35.5. The van der Waals surface area contributed by atoms with E-state index in [0.29, 0.717) is 12.3 Å². The lowest BCUT2D eigenvalue weighted by Gasteiger charge is -2.33. The summed E-state index contributed by atoms with van der Waals surface area (Å²) in [6.07, 6.45) is 3.64. The SMILES string of the molecule is CNCCC1CCN(C(=O)CC(NC(C)=O)c2ccc(C)cc2)CC1.Cl. The summed E-state index contributed by atoms with van der Waals surface area (Å²) in [5, 5.41) is 6.12. The molecule has 26 heavy (non-hydrogen) atoms. The lowest BCUT2D eigenvalue weighted by atomic mass is 9.93. The maximum atomic E-state index is 12.7. The molecule has 0 radical (unpaired) electrons. The van der Waals surface area contributed by atoms with E-state index in [4.69, 9.17) is 0 Å². The van der Waals surface area contributed by atoms with Gasteiger partial charge in [-0.05, 0) is 51.3 Å². The molecule has 0 aromatic heterocycles. The maximum Gasteiger partial charge on any atom is 0.224 e. The molecule has 0 aliphatic carbocycles. The van der Waals surface area contributed by atoms with Crippen LogP contribution in [0.3, 0.4) is 0 Å². The molecule has 1 aromatic rings. The molecule has 1 unspecified atom stereocenters. The van der Waals surface area contributed by atoms with E-state index >= 15 is 0 Å². The lowest BCUT2D eigenvalue weighted by molar-refractivity contribution is -0.133. The van der Waals surface area contributed by atoms with Crippen LogP contribution in [0.4, 0.5) is 0 Å². The highest BCUT2D eigenvalue weighted by molar-refractivity contribution is 5.85. The van der Waals surface area contributed by atoms with Gasteiger partial charge in [0.25, 0.3) is 0 Å². The summed E-state index contributed by atoms with van der Waals surface area (Å²) in [5.41, 5.74) is 2.15. The Morgan fingerprint density at radius 1 is 1.19 bits per heavy atom. The number of hydrogen-bond acceptors (Lipinski definition) is 3. The molecule has 1 heterocycles. The lowest BCUT2D eigenvalue weighted by Crippen LogP contribution is -2.41. The number of hydrogen-bond donors (Lipinski definition) is 2. The number of rotatable bonds is 7. The van der Waals surface area contributed by atoms with Crippen LogP contribution >= 0.6 is 12.4 Å². The average Bonchev–Trinajstić information content (AvgIpc) is 2.60. The molecule has 1 aromatic carbocycles. The van der Waals surface area contributed by atoms with Crippen LogP contribution in [0.1, 0.15) is 49.8 Å². The van der Waals surface area contributed by atoms with E-state index in [0.717, 1.165) is 38.0 Å². The first-order chi connectivity index (χ1) is 12.0. The van der Waals surface area contributed by atoms with Crippen molar-refractivity contribution in [1.82, 2.24) is 15.5 Å². The van der Waals surface area contributed by atoms with Crippen molar-refractivity contribution in [1.29, 1.82) is 0 Å². The Kier molecular flexibility index (Phi) is 9.66. The zero-order chi connectivity index (χ0) is 18.2. The molecule has 1 saturated heterocycles. The van der Waals surface area contributed by atoms with E-state index in [9.17, 15) is 9.59 Å². The minimum atomic E-state index is -0.257. The van der Waals surface area contributed by atoms with Crippen LogP contribution in [-0.4, -0.2) is 43.4 Å². The molecule has 2 rings (SSSR count). The first-order valence-electron chi connectivity index (χ1n) is 9.25. The van der Waals surface area contributed by atoms with Crippen LogP contribution in [0, 0.1) is 12.8 Å². The average molecular weight is 382 g/mol. The Hall–Kier alpha value is -1.59. The summed E-state index contributed by atoms with van der Waals surface area (Å²) in [5.74, 6) is 0.732. The van der Waals surface area contributed by atoms with Crippen molar-refractivity contribution in [2.24, 2.45) is 5.92 Å². The van der Waals surface area contributed by atoms with Crippen LogP contribution in [0.2, 0.25) is 0 Å². The van der Waals surface area contributed by atoms with E-state index in [-0.39, 0.29) is 30.3 Å². The predicted octanol–water partition coefficient (Wildman–Crippen LogP) is 2.83. The number of likely N-dealkylation sites (tertiary alicyclic amines) is 1. The normalized spacial score (nSPS) is 15.9. The molecule has 6 heteroatoms. The Labute approximate surface area is 163 Å². The number of benzene rings is 1. The molecule has 1 aliphatic heterocycles. The van der Waals surface area contributed by atoms with Crippen LogP contribution in [0.25, 0.3) is 0 Å². The van der Waals surface area contributed by atoms with Gasteiger partial charge in [0, 0.05) is 20.0 Å². The molecule has 5 nitrogen and oxygen atoms in total. The third-order valence-corrected chi connectivity index (χ3v) is 5.01. The number of aryl methyl sites for hydroxylation is 1. The highest BCUT2D eigenvalue weighted by Gasteiger charge is 2.25. The van der Waals surface area contributed by atoms with Crippen molar-refractivity contribution in [3.8, 4) is 0 Å². The Balaban J connectivity index is 0.00000338. The maximum absolute atomic E-state index is 12.7. The number of nitrogens with one attached hydrogen (secondary N) is 2. The molecule has 0 saturated carbocycles. The molecular formula is C20H32ClN3O2. The highest BCUT2D eigenvalue weighted by Crippen LogP contribution is 2.23. The van der Waals surface area contributed by atoms with Gasteiger partial charge >= 0.3 is 0 Å². The van der Waals surface area contributed by atoms with Crippen molar-refractivity contribution in [2.45, 2.75) is 45.6 Å². The fourth-order valence-corrected chi connectivity index (χ4v) is 3.42. The van der Waals surface area contributed by atoms with E-state index in [1.54, 1.807) is 0 Å². The van der Waals surface area contributed by atoms with Gasteiger partial charge in [-0.15, -0.1) is 12.4 Å². The number of carbonyl (C=O) groups excluding carboxylic acids is 2. The van der Waals surface area contributed by atoms with Crippen LogP contribution < -0.4 is 10.6 Å². The monoisotopic (exact) mass is 381 g/mol. The second-order valence-corrected chi connectivity index (χ2v) is 7.08. The summed E-state index contributed by atoms with van der Waals surface area (Å²) in [4.78, 5) is 26.2. The summed E-state index contributed by atoms with van der Waals surface area (Å²) < 4.78 is 0. The summed E-state index contributed by atoms with van der Waals surface area (Å²) in [6.45, 7) is 6.22. The van der Waals surface area contributed by atoms with Gasteiger partial charge in [-0.1, -0.05) is 29.8 Å². The number of amides is 2. The molecule has 0 spiro atoms. The molecule has 146 valence electrons. The standard InChI is InChI=1S/C20H31N3O2.ClH/c1-15-4-6-18(7-5-15)19(22-16(2)24)14-20(25)23-12-9-17(10-13-23)8-11-21-3;/h4-7,17,19,21H,8-14H2,1-3H3,(H,22,24);1H. The summed E-state index contributed by atoms with van der Waals surface area (Å²) in [6, 6.07) is 7.76. The first-order valence-corrected chi connectivity index (χ1v) is 9.25. The zero-order valence-electron chi connectivity index (χ0n) is 16.1. The molecule has 2 N–H and O–H groups in total. The fraction of sp³-hybridized carbons (Fsp3) is 0.600. The molecule has 2 amide bonds. The van der Waals surface area contributed by atoms with E-state index in [1.807, 2.05) is 43.1 Å². The Morgan fingerprint density at radius 3 is 2.35 bits per heavy atom. The largest absolute Gasteiger partial charge is 0.349 e. The molecule has 1 aliphatic rings. The number of piperidine rings is 1. The van der Waals surface area contributed by atoms with Gasteiger partial charge in [-0.25, -0.2) is 0 Å². The van der Waals surface area contributed by atoms with Crippen LogP contribution in [0.15, 0.2) is 24.3 Å². The van der Waals surface area contributed by atoms with Gasteiger partial charge in [0.15, 0.2) is 0 Å². The Morgan fingerprint density at radius 2 is 1.81 bits per heavy atom. The first kappa shape index (κ1) is 22.5.